The average molecular weight is 829 g/mol. The van der Waals surface area contributed by atoms with Crippen LogP contribution in [0.4, 0.5) is 0 Å². The van der Waals surface area contributed by atoms with E-state index < -0.39 is 18.1 Å². The van der Waals surface area contributed by atoms with Gasteiger partial charge in [0.05, 0.1) is 0 Å². The SMILES string of the molecule is CCCCc1cccc([Si](O[Si](c2cccc(CCCC)c2CCCC)c2cccc(CCCC)c2CCCC)c2cccc(CCCC)c2CCCC)c1CCCC. The molecule has 0 unspecified atom stereocenters. The second-order valence-electron chi connectivity index (χ2n) is 17.4. The van der Waals surface area contributed by atoms with Gasteiger partial charge >= 0.3 is 0 Å². The molecule has 322 valence electrons. The van der Waals surface area contributed by atoms with Gasteiger partial charge in [-0.15, -0.1) is 0 Å². The summed E-state index contributed by atoms with van der Waals surface area (Å²) in [6.45, 7) is 18.9. The predicted molar refractivity (Wildman–Crippen MR) is 266 cm³/mol. The lowest BCUT2D eigenvalue weighted by atomic mass is 9.97. The summed E-state index contributed by atoms with van der Waals surface area (Å²) in [5, 5.41) is 6.16. The molecule has 0 N–H and O–H groups in total. The highest BCUT2D eigenvalue weighted by atomic mass is 28.4. The summed E-state index contributed by atoms with van der Waals surface area (Å²) >= 11 is 0. The highest BCUT2D eigenvalue weighted by Gasteiger charge is 2.35. The van der Waals surface area contributed by atoms with Crippen molar-refractivity contribution in [1.29, 1.82) is 0 Å². The van der Waals surface area contributed by atoms with E-state index in [1.54, 1.807) is 65.3 Å². The molecule has 0 atom stereocenters. The first-order chi connectivity index (χ1) is 29.0. The summed E-state index contributed by atoms with van der Waals surface area (Å²) in [7, 11) is -3.38. The van der Waals surface area contributed by atoms with Gasteiger partial charge < -0.3 is 4.12 Å². The second-order valence-corrected chi connectivity index (χ2v) is 21.6. The van der Waals surface area contributed by atoms with Crippen molar-refractivity contribution >= 4 is 38.8 Å². The van der Waals surface area contributed by atoms with Gasteiger partial charge in [0.2, 0.25) is 0 Å². The zero-order valence-electron chi connectivity index (χ0n) is 39.3. The molecule has 0 aliphatic heterocycles. The fourth-order valence-electron chi connectivity index (χ4n) is 9.00. The van der Waals surface area contributed by atoms with E-state index in [1.165, 1.54) is 103 Å². The minimum absolute atomic E-state index is 1.15. The largest absolute Gasteiger partial charge is 0.442 e. The van der Waals surface area contributed by atoms with Crippen LogP contribution in [0.2, 0.25) is 0 Å². The highest BCUT2D eigenvalue weighted by Crippen LogP contribution is 2.23. The van der Waals surface area contributed by atoms with Crippen molar-refractivity contribution in [1.82, 2.24) is 0 Å². The van der Waals surface area contributed by atoms with E-state index in [4.69, 9.17) is 4.12 Å². The molecule has 0 bridgehead atoms. The molecule has 0 heterocycles. The molecule has 0 aromatic heterocycles. The van der Waals surface area contributed by atoms with E-state index in [2.05, 4.69) is 128 Å². The molecule has 4 aromatic rings. The molecule has 0 saturated heterocycles. The quantitative estimate of drug-likeness (QED) is 0.0476. The second kappa shape index (κ2) is 28.0. The van der Waals surface area contributed by atoms with Crippen molar-refractivity contribution in [3.63, 3.8) is 0 Å². The third kappa shape index (κ3) is 14.2. The van der Waals surface area contributed by atoms with E-state index in [-0.39, 0.29) is 0 Å². The van der Waals surface area contributed by atoms with Crippen molar-refractivity contribution in [3.05, 3.63) is 117 Å². The molecular weight excluding hydrogens is 745 g/mol. The molecule has 0 aliphatic rings. The van der Waals surface area contributed by atoms with E-state index >= 15 is 0 Å². The third-order valence-electron chi connectivity index (χ3n) is 12.6. The molecule has 2 radical (unpaired) electrons. The Morgan fingerprint density at radius 2 is 0.492 bits per heavy atom. The van der Waals surface area contributed by atoms with Crippen LogP contribution in [0.5, 0.6) is 0 Å². The Morgan fingerprint density at radius 1 is 0.288 bits per heavy atom. The molecule has 0 aliphatic carbocycles. The molecule has 4 aromatic carbocycles. The number of hydrogen-bond donors (Lipinski definition) is 0. The van der Waals surface area contributed by atoms with Crippen molar-refractivity contribution in [3.8, 4) is 0 Å². The molecule has 59 heavy (non-hydrogen) atoms. The normalized spacial score (nSPS) is 11.7. The standard InChI is InChI=1S/C56H84OSi2/c1-9-17-29-45-33-25-41-53(49(45)37-21-13-5)58(54-42-26-34-46(30-18-10-2)50(54)38-22-14-6)57-59(55-43-27-35-47(31-19-11-3)51(55)39-23-15-7)56-44-28-36-48(32-20-12-4)52(56)40-24-16-8/h25-28,33-36,41-44H,9-24,29-32,37-40H2,1-8H3. The zero-order chi connectivity index (χ0) is 42.2. The lowest BCUT2D eigenvalue weighted by molar-refractivity contribution is 0.628. The number of aryl methyl sites for hydroxylation is 4. The maximum absolute atomic E-state index is 8.52. The summed E-state index contributed by atoms with van der Waals surface area (Å²) in [5.74, 6) is 0. The van der Waals surface area contributed by atoms with Crippen LogP contribution in [0.15, 0.2) is 72.8 Å². The summed E-state index contributed by atoms with van der Waals surface area (Å²) in [4.78, 5) is 0. The van der Waals surface area contributed by atoms with Gasteiger partial charge in [0.25, 0.3) is 18.1 Å². The molecule has 0 fully saturated rings. The van der Waals surface area contributed by atoms with Crippen LogP contribution in [0.3, 0.4) is 0 Å². The van der Waals surface area contributed by atoms with Crippen LogP contribution >= 0.6 is 0 Å². The van der Waals surface area contributed by atoms with Crippen LogP contribution < -0.4 is 20.7 Å². The van der Waals surface area contributed by atoms with Gasteiger partial charge in [-0.25, -0.2) is 0 Å². The first-order valence-electron chi connectivity index (χ1n) is 24.9. The Labute approximate surface area is 368 Å². The minimum atomic E-state index is -1.69. The van der Waals surface area contributed by atoms with Crippen LogP contribution in [-0.2, 0) is 55.5 Å². The lowest BCUT2D eigenvalue weighted by Gasteiger charge is -2.31. The first-order valence-corrected chi connectivity index (χ1v) is 27.7. The van der Waals surface area contributed by atoms with E-state index in [1.807, 2.05) is 0 Å². The van der Waals surface area contributed by atoms with Crippen LogP contribution in [-0.4, -0.2) is 18.1 Å². The van der Waals surface area contributed by atoms with Crippen LogP contribution in [0.25, 0.3) is 0 Å². The highest BCUT2D eigenvalue weighted by molar-refractivity contribution is 6.92. The first kappa shape index (κ1) is 48.9. The lowest BCUT2D eigenvalue weighted by Crippen LogP contribution is -2.59. The molecule has 3 heteroatoms. The molecule has 0 spiro atoms. The Bertz CT molecular complexity index is 1520. The van der Waals surface area contributed by atoms with Gasteiger partial charge in [0, 0.05) is 0 Å². The number of unbranched alkanes of at least 4 members (excludes halogenated alkanes) is 8. The monoisotopic (exact) mass is 829 g/mol. The van der Waals surface area contributed by atoms with Crippen LogP contribution in [0.1, 0.15) is 203 Å². The predicted octanol–water partition coefficient (Wildman–Crippen LogP) is 13.4. The van der Waals surface area contributed by atoms with Crippen LogP contribution in [0, 0.1) is 0 Å². The fourth-order valence-corrected chi connectivity index (χ4v) is 15.4. The fraction of sp³-hybridized carbons (Fsp3) is 0.571. The number of hydrogen-bond acceptors (Lipinski definition) is 1. The summed E-state index contributed by atoms with van der Waals surface area (Å²) < 4.78 is 8.52. The molecular formula is C56H84OSi2. The average Bonchev–Trinajstić information content (AvgIpc) is 3.26. The number of benzene rings is 4. The van der Waals surface area contributed by atoms with Crippen molar-refractivity contribution in [2.45, 2.75) is 209 Å². The Hall–Kier alpha value is -2.73. The van der Waals surface area contributed by atoms with Gasteiger partial charge in [-0.2, -0.15) is 0 Å². The van der Waals surface area contributed by atoms with Crippen molar-refractivity contribution in [2.75, 3.05) is 0 Å². The van der Waals surface area contributed by atoms with Gasteiger partial charge in [-0.1, -0.05) is 180 Å². The third-order valence-corrected chi connectivity index (χ3v) is 18.1. The van der Waals surface area contributed by atoms with E-state index in [9.17, 15) is 0 Å². The number of rotatable bonds is 30. The summed E-state index contributed by atoms with van der Waals surface area (Å²) in [6, 6.07) is 29.6. The van der Waals surface area contributed by atoms with Gasteiger partial charge in [-0.05, 0) is 168 Å². The Kier molecular flexibility index (Phi) is 23.2. The van der Waals surface area contributed by atoms with Crippen molar-refractivity contribution in [2.24, 2.45) is 0 Å². The van der Waals surface area contributed by atoms with Crippen molar-refractivity contribution < 1.29 is 4.12 Å². The Morgan fingerprint density at radius 3 is 0.695 bits per heavy atom. The Balaban J connectivity index is 2.15. The molecule has 1 nitrogen and oxygen atoms in total. The molecule has 0 amide bonds. The molecule has 4 rings (SSSR count). The van der Waals surface area contributed by atoms with Gasteiger partial charge in [0.15, 0.2) is 0 Å². The van der Waals surface area contributed by atoms with Gasteiger partial charge in [0.1, 0.15) is 0 Å². The summed E-state index contributed by atoms with van der Waals surface area (Å²) in [6.07, 6.45) is 28.9. The molecule has 0 saturated carbocycles. The van der Waals surface area contributed by atoms with E-state index in [0.29, 0.717) is 0 Å². The minimum Gasteiger partial charge on any atom is -0.442 e. The smallest absolute Gasteiger partial charge is 0.273 e. The summed E-state index contributed by atoms with van der Waals surface area (Å²) in [5.41, 5.74) is 12.8. The topological polar surface area (TPSA) is 9.23 Å². The zero-order valence-corrected chi connectivity index (χ0v) is 41.3. The maximum atomic E-state index is 8.52. The van der Waals surface area contributed by atoms with Gasteiger partial charge in [-0.3, -0.25) is 0 Å². The van der Waals surface area contributed by atoms with E-state index in [0.717, 1.165) is 51.4 Å². The maximum Gasteiger partial charge on any atom is 0.273 e.